The SMILES string of the molecule is Cc1nc2c(OCc3c(F)cccc3F)cccn2c1C(=O)CC(CCC(F)(F)F)C(C)(C)O. The van der Waals surface area contributed by atoms with Gasteiger partial charge in [-0.3, -0.25) is 9.20 Å². The van der Waals surface area contributed by atoms with Crippen molar-refractivity contribution >= 4 is 11.4 Å². The lowest BCUT2D eigenvalue weighted by molar-refractivity contribution is -0.141. The van der Waals surface area contributed by atoms with E-state index in [9.17, 15) is 31.9 Å². The summed E-state index contributed by atoms with van der Waals surface area (Å²) in [5.41, 5.74) is -1.10. The van der Waals surface area contributed by atoms with Crippen molar-refractivity contribution in [3.63, 3.8) is 0 Å². The number of pyridine rings is 1. The summed E-state index contributed by atoms with van der Waals surface area (Å²) in [6.07, 6.45) is -4.72. The first-order chi connectivity index (χ1) is 15.8. The van der Waals surface area contributed by atoms with Crippen molar-refractivity contribution in [1.29, 1.82) is 0 Å². The lowest BCUT2D eigenvalue weighted by atomic mass is 9.82. The molecular formula is C24H25F5N2O3. The molecule has 0 saturated carbocycles. The van der Waals surface area contributed by atoms with Crippen LogP contribution >= 0.6 is 0 Å². The summed E-state index contributed by atoms with van der Waals surface area (Å²) in [5, 5.41) is 10.3. The van der Waals surface area contributed by atoms with Gasteiger partial charge in [0.15, 0.2) is 17.2 Å². The molecule has 0 fully saturated rings. The number of aliphatic hydroxyl groups is 1. The number of aromatic nitrogens is 2. The number of nitrogens with zero attached hydrogens (tertiary/aromatic N) is 2. The van der Waals surface area contributed by atoms with Crippen LogP contribution in [-0.2, 0) is 6.61 Å². The topological polar surface area (TPSA) is 63.8 Å². The number of ketones is 1. The summed E-state index contributed by atoms with van der Waals surface area (Å²) >= 11 is 0. The Bertz CT molecular complexity index is 1160. The molecule has 5 nitrogen and oxygen atoms in total. The monoisotopic (exact) mass is 484 g/mol. The normalized spacial score (nSPS) is 13.3. The van der Waals surface area contributed by atoms with Gasteiger partial charge in [-0.15, -0.1) is 0 Å². The minimum atomic E-state index is -4.41. The molecule has 0 amide bonds. The number of Topliss-reactive ketones (excluding diaryl/α,β-unsaturated/α-hetero) is 1. The first-order valence-electron chi connectivity index (χ1n) is 10.6. The molecule has 0 saturated heterocycles. The van der Waals surface area contributed by atoms with Gasteiger partial charge in [-0.25, -0.2) is 13.8 Å². The summed E-state index contributed by atoms with van der Waals surface area (Å²) < 4.78 is 73.1. The van der Waals surface area contributed by atoms with Gasteiger partial charge in [0.05, 0.1) is 16.9 Å². The van der Waals surface area contributed by atoms with Crippen molar-refractivity contribution in [2.24, 2.45) is 5.92 Å². The molecular weight excluding hydrogens is 459 g/mol. The fourth-order valence-corrected chi connectivity index (χ4v) is 3.79. The molecule has 1 aromatic carbocycles. The molecule has 0 aliphatic heterocycles. The molecule has 2 heterocycles. The first-order valence-corrected chi connectivity index (χ1v) is 10.6. The number of fused-ring (bicyclic) bond motifs is 1. The quantitative estimate of drug-likeness (QED) is 0.308. The number of imidazole rings is 1. The number of halogens is 5. The Morgan fingerprint density at radius 2 is 1.79 bits per heavy atom. The molecule has 184 valence electrons. The van der Waals surface area contributed by atoms with Crippen LogP contribution in [0.2, 0.25) is 0 Å². The maximum absolute atomic E-state index is 13.9. The highest BCUT2D eigenvalue weighted by molar-refractivity contribution is 5.97. The van der Waals surface area contributed by atoms with Crippen LogP contribution in [0, 0.1) is 24.5 Å². The predicted molar refractivity (Wildman–Crippen MR) is 115 cm³/mol. The zero-order valence-corrected chi connectivity index (χ0v) is 18.9. The second-order valence-corrected chi connectivity index (χ2v) is 8.73. The number of hydrogen-bond donors (Lipinski definition) is 1. The van der Waals surface area contributed by atoms with Crippen LogP contribution in [0.4, 0.5) is 22.0 Å². The molecule has 1 atom stereocenters. The van der Waals surface area contributed by atoms with Gasteiger partial charge >= 0.3 is 6.18 Å². The zero-order valence-electron chi connectivity index (χ0n) is 18.9. The van der Waals surface area contributed by atoms with Gasteiger partial charge in [0.2, 0.25) is 0 Å². The Labute approximate surface area is 193 Å². The highest BCUT2D eigenvalue weighted by Gasteiger charge is 2.35. The maximum Gasteiger partial charge on any atom is 0.389 e. The van der Waals surface area contributed by atoms with Crippen LogP contribution in [0.15, 0.2) is 36.5 Å². The van der Waals surface area contributed by atoms with E-state index in [1.165, 1.54) is 36.6 Å². The lowest BCUT2D eigenvalue weighted by Gasteiger charge is -2.29. The van der Waals surface area contributed by atoms with Crippen LogP contribution in [0.3, 0.4) is 0 Å². The van der Waals surface area contributed by atoms with Gasteiger partial charge in [-0.1, -0.05) is 6.07 Å². The first kappa shape index (κ1) is 25.6. The van der Waals surface area contributed by atoms with Gasteiger partial charge < -0.3 is 9.84 Å². The van der Waals surface area contributed by atoms with E-state index < -0.39 is 54.6 Å². The fourth-order valence-electron chi connectivity index (χ4n) is 3.79. The van der Waals surface area contributed by atoms with Crippen LogP contribution in [0.5, 0.6) is 5.75 Å². The molecule has 0 bridgehead atoms. The molecule has 1 N–H and O–H groups in total. The summed E-state index contributed by atoms with van der Waals surface area (Å²) in [7, 11) is 0. The molecule has 0 spiro atoms. The highest BCUT2D eigenvalue weighted by Crippen LogP contribution is 2.33. The number of carbonyl (C=O) groups excluding carboxylic acids is 1. The fraction of sp³-hybridized carbons (Fsp3) is 0.417. The average Bonchev–Trinajstić information content (AvgIpc) is 3.05. The highest BCUT2D eigenvalue weighted by atomic mass is 19.4. The van der Waals surface area contributed by atoms with Crippen molar-refractivity contribution in [1.82, 2.24) is 9.38 Å². The number of hydrogen-bond acceptors (Lipinski definition) is 4. The average molecular weight is 484 g/mol. The Morgan fingerprint density at radius 1 is 1.15 bits per heavy atom. The van der Waals surface area contributed by atoms with E-state index in [0.29, 0.717) is 5.69 Å². The van der Waals surface area contributed by atoms with E-state index >= 15 is 0 Å². The second kappa shape index (κ2) is 9.69. The molecule has 3 aromatic rings. The minimum Gasteiger partial charge on any atom is -0.485 e. The molecule has 0 aliphatic rings. The Kier molecular flexibility index (Phi) is 7.30. The summed E-state index contributed by atoms with van der Waals surface area (Å²) in [6.45, 7) is 3.90. The van der Waals surface area contributed by atoms with Crippen LogP contribution in [-0.4, -0.2) is 32.1 Å². The van der Waals surface area contributed by atoms with Gasteiger partial charge in [-0.2, -0.15) is 13.2 Å². The third-order valence-electron chi connectivity index (χ3n) is 5.69. The third kappa shape index (κ3) is 5.91. The van der Waals surface area contributed by atoms with Crippen LogP contribution in [0.25, 0.3) is 5.65 Å². The molecule has 2 aromatic heterocycles. The zero-order chi connectivity index (χ0) is 25.3. The molecule has 0 radical (unpaired) electrons. The Hall–Kier alpha value is -3.01. The smallest absolute Gasteiger partial charge is 0.389 e. The third-order valence-corrected chi connectivity index (χ3v) is 5.69. The van der Waals surface area contributed by atoms with E-state index in [4.69, 9.17) is 4.74 Å². The number of aryl methyl sites for hydroxylation is 1. The van der Waals surface area contributed by atoms with Gasteiger partial charge in [0, 0.05) is 19.0 Å². The molecule has 0 aliphatic carbocycles. The van der Waals surface area contributed by atoms with Crippen molar-refractivity contribution in [2.75, 3.05) is 0 Å². The van der Waals surface area contributed by atoms with E-state index in [1.807, 2.05) is 0 Å². The van der Waals surface area contributed by atoms with Crippen molar-refractivity contribution in [2.45, 2.75) is 58.4 Å². The van der Waals surface area contributed by atoms with Crippen LogP contribution < -0.4 is 4.74 Å². The molecule has 10 heteroatoms. The number of ether oxygens (including phenoxy) is 1. The van der Waals surface area contributed by atoms with E-state index in [1.54, 1.807) is 13.0 Å². The largest absolute Gasteiger partial charge is 0.485 e. The number of alkyl halides is 3. The van der Waals surface area contributed by atoms with Gasteiger partial charge in [0.1, 0.15) is 23.9 Å². The Morgan fingerprint density at radius 3 is 2.38 bits per heavy atom. The molecule has 3 rings (SSSR count). The van der Waals surface area contributed by atoms with Crippen molar-refractivity contribution in [3.05, 3.63) is 65.1 Å². The maximum atomic E-state index is 13.9. The van der Waals surface area contributed by atoms with E-state index in [2.05, 4.69) is 4.98 Å². The summed E-state index contributed by atoms with van der Waals surface area (Å²) in [4.78, 5) is 17.4. The van der Waals surface area contributed by atoms with Crippen LogP contribution in [0.1, 0.15) is 54.9 Å². The number of rotatable bonds is 9. The van der Waals surface area contributed by atoms with E-state index in [0.717, 1.165) is 12.1 Å². The van der Waals surface area contributed by atoms with Crippen molar-refractivity contribution < 1.29 is 36.6 Å². The lowest BCUT2D eigenvalue weighted by Crippen LogP contribution is -2.34. The Balaban J connectivity index is 1.87. The van der Waals surface area contributed by atoms with Crippen molar-refractivity contribution in [3.8, 4) is 5.75 Å². The predicted octanol–water partition coefficient (Wildman–Crippen LogP) is 5.80. The standard InChI is InChI=1S/C24H25F5N2O3/c1-14-21(19(32)12-15(23(2,3)33)9-10-24(27,28)29)31-11-5-8-20(22(31)30-14)34-13-16-17(25)6-4-7-18(16)26/h4-8,11,15,33H,9-10,12-13H2,1-3H3. The van der Waals surface area contributed by atoms with Gasteiger partial charge in [-0.05, 0) is 57.4 Å². The number of benzene rings is 1. The summed E-state index contributed by atoms with van der Waals surface area (Å²) in [6, 6.07) is 6.53. The summed E-state index contributed by atoms with van der Waals surface area (Å²) in [5.74, 6) is -2.78. The van der Waals surface area contributed by atoms with Gasteiger partial charge in [0.25, 0.3) is 0 Å². The molecule has 34 heavy (non-hydrogen) atoms. The molecule has 1 unspecified atom stereocenters. The number of carbonyl (C=O) groups is 1. The second-order valence-electron chi connectivity index (χ2n) is 8.73. The van der Waals surface area contributed by atoms with E-state index in [-0.39, 0.29) is 29.1 Å². The minimum absolute atomic E-state index is 0.138.